The molecule has 2 N–H and O–H groups in total. The number of para-hydroxylation sites is 1. The smallest absolute Gasteiger partial charge is 0.191 e. The van der Waals surface area contributed by atoms with Crippen molar-refractivity contribution in [3.05, 3.63) is 52.2 Å². The molecule has 2 aromatic rings. The Balaban J connectivity index is 0.00000225. The van der Waals surface area contributed by atoms with Crippen LogP contribution in [0, 0.1) is 0 Å². The average molecular weight is 471 g/mol. The summed E-state index contributed by atoms with van der Waals surface area (Å²) >= 11 is 1.80. The van der Waals surface area contributed by atoms with Crippen LogP contribution >= 0.6 is 35.3 Å². The van der Waals surface area contributed by atoms with Crippen molar-refractivity contribution < 1.29 is 4.74 Å². The zero-order valence-electron chi connectivity index (χ0n) is 14.7. The average Bonchev–Trinajstić information content (AvgIpc) is 3.15. The molecule has 0 saturated heterocycles. The predicted molar refractivity (Wildman–Crippen MR) is 117 cm³/mol. The van der Waals surface area contributed by atoms with Crippen LogP contribution in [0.2, 0.25) is 0 Å². The molecule has 1 aromatic heterocycles. The summed E-state index contributed by atoms with van der Waals surface area (Å²) in [6, 6.07) is 12.8. The first kappa shape index (κ1) is 20.0. The summed E-state index contributed by atoms with van der Waals surface area (Å²) in [6.07, 6.45) is 0.946. The molecule has 0 saturated carbocycles. The minimum Gasteiger partial charge on any atom is -0.493 e. The third-order valence-electron chi connectivity index (χ3n) is 4.17. The lowest BCUT2D eigenvalue weighted by Crippen LogP contribution is -2.41. The number of nitrogens with zero attached hydrogens (tertiary/aromatic N) is 1. The van der Waals surface area contributed by atoms with Crippen LogP contribution in [0.1, 0.15) is 42.7 Å². The molecule has 0 fully saturated rings. The molecular formula is C19H26IN3OS. The second kappa shape index (κ2) is 10.0. The fourth-order valence-electron chi connectivity index (χ4n) is 2.87. The second-order valence-electron chi connectivity index (χ2n) is 6.01. The molecule has 2 heterocycles. The van der Waals surface area contributed by atoms with Gasteiger partial charge in [0.1, 0.15) is 5.75 Å². The van der Waals surface area contributed by atoms with Gasteiger partial charge in [-0.2, -0.15) is 0 Å². The molecule has 0 amide bonds. The van der Waals surface area contributed by atoms with Gasteiger partial charge in [-0.1, -0.05) is 31.2 Å². The minimum absolute atomic E-state index is 0. The van der Waals surface area contributed by atoms with Gasteiger partial charge in [0.05, 0.1) is 19.2 Å². The van der Waals surface area contributed by atoms with Gasteiger partial charge in [-0.15, -0.1) is 35.3 Å². The van der Waals surface area contributed by atoms with Crippen molar-refractivity contribution in [2.24, 2.45) is 4.99 Å². The molecule has 0 bridgehead atoms. The fraction of sp³-hybridized carbons (Fsp3) is 0.421. The van der Waals surface area contributed by atoms with Gasteiger partial charge in [0, 0.05) is 29.3 Å². The van der Waals surface area contributed by atoms with E-state index in [-0.39, 0.29) is 30.0 Å². The Morgan fingerprint density at radius 1 is 1.32 bits per heavy atom. The Morgan fingerprint density at radius 2 is 2.16 bits per heavy atom. The molecule has 4 nitrogen and oxygen atoms in total. The number of benzene rings is 1. The number of nitrogens with one attached hydrogen (secondary N) is 2. The lowest BCUT2D eigenvalue weighted by Gasteiger charge is -2.28. The standard InChI is InChI=1S/C19H25N3OS.HI/c1-3-20-19(21-13-14(2)18-9-6-12-24-18)22-16-10-11-23-17-8-5-4-7-15(16)17;/h4-9,12,14,16H,3,10-11,13H2,1-2H3,(H2,20,21,22);1H. The number of hydrogen-bond donors (Lipinski definition) is 2. The Labute approximate surface area is 171 Å². The van der Waals surface area contributed by atoms with E-state index in [1.165, 1.54) is 10.4 Å². The third-order valence-corrected chi connectivity index (χ3v) is 5.27. The van der Waals surface area contributed by atoms with E-state index < -0.39 is 0 Å². The van der Waals surface area contributed by atoms with E-state index in [2.05, 4.69) is 54.1 Å². The molecule has 136 valence electrons. The summed E-state index contributed by atoms with van der Waals surface area (Å²) in [4.78, 5) is 6.18. The lowest BCUT2D eigenvalue weighted by molar-refractivity contribution is 0.261. The summed E-state index contributed by atoms with van der Waals surface area (Å²) in [5.74, 6) is 2.29. The SMILES string of the molecule is CCNC(=NCC(C)c1cccs1)NC1CCOc2ccccc21.I. The molecule has 0 aliphatic carbocycles. The number of fused-ring (bicyclic) bond motifs is 1. The molecule has 0 radical (unpaired) electrons. The fourth-order valence-corrected chi connectivity index (χ4v) is 3.65. The van der Waals surface area contributed by atoms with E-state index in [0.29, 0.717) is 5.92 Å². The van der Waals surface area contributed by atoms with Gasteiger partial charge in [-0.3, -0.25) is 4.99 Å². The molecule has 1 aliphatic rings. The molecule has 6 heteroatoms. The van der Waals surface area contributed by atoms with E-state index in [4.69, 9.17) is 9.73 Å². The maximum Gasteiger partial charge on any atom is 0.191 e. The van der Waals surface area contributed by atoms with Crippen molar-refractivity contribution in [3.8, 4) is 5.75 Å². The Bertz CT molecular complexity index is 675. The summed E-state index contributed by atoms with van der Waals surface area (Å²) in [6.45, 7) is 6.69. The van der Waals surface area contributed by atoms with Gasteiger partial charge in [-0.25, -0.2) is 0 Å². The third kappa shape index (κ3) is 5.34. The van der Waals surface area contributed by atoms with Crippen LogP contribution in [0.25, 0.3) is 0 Å². The Morgan fingerprint density at radius 3 is 2.92 bits per heavy atom. The van der Waals surface area contributed by atoms with E-state index in [1.807, 2.05) is 12.1 Å². The van der Waals surface area contributed by atoms with Gasteiger partial charge >= 0.3 is 0 Å². The van der Waals surface area contributed by atoms with Crippen molar-refractivity contribution >= 4 is 41.3 Å². The maximum atomic E-state index is 5.74. The number of rotatable bonds is 5. The number of aliphatic imine (C=N–C) groups is 1. The highest BCUT2D eigenvalue weighted by molar-refractivity contribution is 14.0. The first-order valence-electron chi connectivity index (χ1n) is 8.58. The van der Waals surface area contributed by atoms with Crippen molar-refractivity contribution in [3.63, 3.8) is 0 Å². The summed E-state index contributed by atoms with van der Waals surface area (Å²) in [7, 11) is 0. The molecule has 1 aliphatic heterocycles. The highest BCUT2D eigenvalue weighted by Gasteiger charge is 2.21. The highest BCUT2D eigenvalue weighted by Crippen LogP contribution is 2.31. The first-order valence-corrected chi connectivity index (χ1v) is 9.46. The normalized spacial score (nSPS) is 17.7. The number of ether oxygens (including phenoxy) is 1. The van der Waals surface area contributed by atoms with E-state index in [0.717, 1.165) is 37.8 Å². The highest BCUT2D eigenvalue weighted by atomic mass is 127. The van der Waals surface area contributed by atoms with Crippen LogP contribution in [-0.4, -0.2) is 25.7 Å². The summed E-state index contributed by atoms with van der Waals surface area (Å²) < 4.78 is 5.74. The first-order chi connectivity index (χ1) is 11.8. The number of halogens is 1. The van der Waals surface area contributed by atoms with Crippen LogP contribution in [-0.2, 0) is 0 Å². The van der Waals surface area contributed by atoms with Gasteiger partial charge in [0.15, 0.2) is 5.96 Å². The van der Waals surface area contributed by atoms with E-state index in [9.17, 15) is 0 Å². The molecule has 0 spiro atoms. The summed E-state index contributed by atoms with van der Waals surface area (Å²) in [5.41, 5.74) is 1.21. The van der Waals surface area contributed by atoms with Crippen LogP contribution in [0.15, 0.2) is 46.8 Å². The lowest BCUT2D eigenvalue weighted by atomic mass is 10.0. The molecule has 2 atom stereocenters. The van der Waals surface area contributed by atoms with Crippen LogP contribution in [0.3, 0.4) is 0 Å². The molecule has 25 heavy (non-hydrogen) atoms. The minimum atomic E-state index is 0. The van der Waals surface area contributed by atoms with Gasteiger partial charge in [0.2, 0.25) is 0 Å². The largest absolute Gasteiger partial charge is 0.493 e. The van der Waals surface area contributed by atoms with Crippen molar-refractivity contribution in [1.29, 1.82) is 0 Å². The monoisotopic (exact) mass is 471 g/mol. The number of thiophene rings is 1. The van der Waals surface area contributed by atoms with Crippen LogP contribution in [0.5, 0.6) is 5.75 Å². The number of guanidine groups is 1. The van der Waals surface area contributed by atoms with Crippen LogP contribution in [0.4, 0.5) is 0 Å². The van der Waals surface area contributed by atoms with Gasteiger partial charge < -0.3 is 15.4 Å². The zero-order valence-corrected chi connectivity index (χ0v) is 17.8. The van der Waals surface area contributed by atoms with Crippen LogP contribution < -0.4 is 15.4 Å². The molecule has 3 rings (SSSR count). The van der Waals surface area contributed by atoms with Gasteiger partial charge in [-0.05, 0) is 24.4 Å². The molecule has 1 aromatic carbocycles. The van der Waals surface area contributed by atoms with Crippen molar-refractivity contribution in [1.82, 2.24) is 10.6 Å². The second-order valence-corrected chi connectivity index (χ2v) is 6.99. The summed E-state index contributed by atoms with van der Waals surface area (Å²) in [5, 5.41) is 9.06. The van der Waals surface area contributed by atoms with Crippen molar-refractivity contribution in [2.45, 2.75) is 32.2 Å². The molecular weight excluding hydrogens is 445 g/mol. The topological polar surface area (TPSA) is 45.7 Å². The predicted octanol–water partition coefficient (Wildman–Crippen LogP) is 4.55. The van der Waals surface area contributed by atoms with Crippen molar-refractivity contribution in [2.75, 3.05) is 19.7 Å². The molecule has 2 unspecified atom stereocenters. The maximum absolute atomic E-state index is 5.74. The van der Waals surface area contributed by atoms with Gasteiger partial charge in [0.25, 0.3) is 0 Å². The van der Waals surface area contributed by atoms with E-state index >= 15 is 0 Å². The van der Waals surface area contributed by atoms with E-state index in [1.54, 1.807) is 11.3 Å². The Hall–Kier alpha value is -1.28. The zero-order chi connectivity index (χ0) is 16.8. The quantitative estimate of drug-likeness (QED) is 0.382. The number of hydrogen-bond acceptors (Lipinski definition) is 3. The Kier molecular flexibility index (Phi) is 8.02.